The molecule has 1 unspecified atom stereocenters. The number of fused-ring (bicyclic) bond motifs is 1. The second-order valence-corrected chi connectivity index (χ2v) is 7.95. The highest BCUT2D eigenvalue weighted by molar-refractivity contribution is 5.95. The second-order valence-electron chi connectivity index (χ2n) is 7.95. The fourth-order valence-electron chi connectivity index (χ4n) is 3.98. The molecule has 3 aromatic rings. The number of para-hydroxylation sites is 2. The Morgan fingerprint density at radius 2 is 1.65 bits per heavy atom. The van der Waals surface area contributed by atoms with E-state index in [1.165, 1.54) is 11.3 Å². The fourth-order valence-corrected chi connectivity index (χ4v) is 3.98. The first-order valence-corrected chi connectivity index (χ1v) is 10.7. The molecule has 2 amide bonds. The van der Waals surface area contributed by atoms with E-state index >= 15 is 0 Å². The first kappa shape index (κ1) is 20.7. The van der Waals surface area contributed by atoms with Crippen LogP contribution in [0.5, 0.6) is 0 Å². The summed E-state index contributed by atoms with van der Waals surface area (Å²) in [7, 11) is 0. The van der Waals surface area contributed by atoms with E-state index in [1.807, 2.05) is 43.3 Å². The van der Waals surface area contributed by atoms with Gasteiger partial charge >= 0.3 is 0 Å². The lowest BCUT2D eigenvalue weighted by Crippen LogP contribution is -2.35. The molecule has 0 aliphatic carbocycles. The van der Waals surface area contributed by atoms with Crippen molar-refractivity contribution in [1.82, 2.24) is 5.32 Å². The molecule has 158 valence electrons. The lowest BCUT2D eigenvalue weighted by molar-refractivity contribution is -0.116. The molecule has 0 bridgehead atoms. The van der Waals surface area contributed by atoms with Crippen molar-refractivity contribution in [2.75, 3.05) is 16.8 Å². The van der Waals surface area contributed by atoms with Crippen molar-refractivity contribution in [2.24, 2.45) is 0 Å². The molecule has 1 atom stereocenters. The highest BCUT2D eigenvalue weighted by Crippen LogP contribution is 2.30. The zero-order valence-corrected chi connectivity index (χ0v) is 17.7. The number of anilines is 2. The molecule has 3 aromatic carbocycles. The molecule has 0 saturated carbocycles. The van der Waals surface area contributed by atoms with Gasteiger partial charge in [0.15, 0.2) is 0 Å². The Hall–Kier alpha value is -3.60. The monoisotopic (exact) mass is 413 g/mol. The Morgan fingerprint density at radius 3 is 2.48 bits per heavy atom. The molecule has 1 aliphatic heterocycles. The van der Waals surface area contributed by atoms with Gasteiger partial charge in [0, 0.05) is 42.5 Å². The summed E-state index contributed by atoms with van der Waals surface area (Å²) >= 11 is 0. The highest BCUT2D eigenvalue weighted by atomic mass is 16.2. The van der Waals surface area contributed by atoms with Crippen molar-refractivity contribution >= 4 is 23.2 Å². The molecule has 2 N–H and O–H groups in total. The van der Waals surface area contributed by atoms with Gasteiger partial charge in [0.2, 0.25) is 5.91 Å². The molecule has 0 saturated heterocycles. The maximum absolute atomic E-state index is 12.7. The zero-order valence-electron chi connectivity index (χ0n) is 17.7. The number of rotatable bonds is 7. The Labute approximate surface area is 183 Å². The van der Waals surface area contributed by atoms with Gasteiger partial charge in [-0.25, -0.2) is 0 Å². The number of hydrogen-bond acceptors (Lipinski definition) is 3. The number of hydrogen-bond donors (Lipinski definition) is 2. The molecule has 5 heteroatoms. The summed E-state index contributed by atoms with van der Waals surface area (Å²) in [6.45, 7) is 3.56. The molecule has 0 radical (unpaired) electrons. The Bertz CT molecular complexity index is 1070. The van der Waals surface area contributed by atoms with Crippen LogP contribution in [0.25, 0.3) is 0 Å². The molecule has 4 rings (SSSR count). The van der Waals surface area contributed by atoms with Crippen molar-refractivity contribution in [3.8, 4) is 0 Å². The molecule has 0 fully saturated rings. The van der Waals surface area contributed by atoms with Crippen molar-refractivity contribution in [3.05, 3.63) is 95.6 Å². The SMILES string of the molecule is CC(CC(=O)Nc1ccccc1CN1CCc2ccccc21)NC(=O)c1ccccc1. The van der Waals surface area contributed by atoms with E-state index < -0.39 is 0 Å². The first-order valence-electron chi connectivity index (χ1n) is 10.7. The number of nitrogens with one attached hydrogen (secondary N) is 2. The van der Waals surface area contributed by atoms with E-state index in [0.717, 1.165) is 30.8 Å². The molecule has 5 nitrogen and oxygen atoms in total. The number of carbonyl (C=O) groups excluding carboxylic acids is 2. The van der Waals surface area contributed by atoms with Crippen molar-refractivity contribution in [2.45, 2.75) is 32.4 Å². The van der Waals surface area contributed by atoms with Crippen LogP contribution in [0.2, 0.25) is 0 Å². The van der Waals surface area contributed by atoms with E-state index in [-0.39, 0.29) is 24.3 Å². The van der Waals surface area contributed by atoms with E-state index in [9.17, 15) is 9.59 Å². The Balaban J connectivity index is 1.36. The van der Waals surface area contributed by atoms with Crippen LogP contribution in [-0.4, -0.2) is 24.4 Å². The minimum absolute atomic E-state index is 0.116. The molecule has 1 heterocycles. The third-order valence-corrected chi connectivity index (χ3v) is 5.54. The number of amides is 2. The Kier molecular flexibility index (Phi) is 6.32. The summed E-state index contributed by atoms with van der Waals surface area (Å²) < 4.78 is 0. The Morgan fingerprint density at radius 1 is 0.935 bits per heavy atom. The van der Waals surface area contributed by atoms with E-state index in [2.05, 4.69) is 45.9 Å². The van der Waals surface area contributed by atoms with Gasteiger partial charge < -0.3 is 15.5 Å². The predicted molar refractivity (Wildman–Crippen MR) is 124 cm³/mol. The van der Waals surface area contributed by atoms with Gasteiger partial charge in [-0.05, 0) is 48.7 Å². The summed E-state index contributed by atoms with van der Waals surface area (Å²) in [5, 5.41) is 5.92. The molecule has 31 heavy (non-hydrogen) atoms. The van der Waals surface area contributed by atoms with Crippen LogP contribution >= 0.6 is 0 Å². The smallest absolute Gasteiger partial charge is 0.251 e. The average molecular weight is 414 g/mol. The van der Waals surface area contributed by atoms with E-state index in [1.54, 1.807) is 12.1 Å². The van der Waals surface area contributed by atoms with Crippen LogP contribution in [0.1, 0.15) is 34.8 Å². The maximum atomic E-state index is 12.7. The lowest BCUT2D eigenvalue weighted by atomic mass is 10.1. The van der Waals surface area contributed by atoms with Gasteiger partial charge in [0.25, 0.3) is 5.91 Å². The standard InChI is InChI=1S/C26H27N3O2/c1-19(27-26(31)21-10-3-2-4-11-21)17-25(30)28-23-13-7-5-12-22(23)18-29-16-15-20-9-6-8-14-24(20)29/h2-14,19H,15-18H2,1H3,(H,27,31)(H,28,30). The molecule has 0 spiro atoms. The molecular formula is C26H27N3O2. The minimum atomic E-state index is -0.273. The third-order valence-electron chi connectivity index (χ3n) is 5.54. The molecular weight excluding hydrogens is 386 g/mol. The van der Waals surface area contributed by atoms with Gasteiger partial charge in [-0.15, -0.1) is 0 Å². The van der Waals surface area contributed by atoms with Crippen LogP contribution in [0, 0.1) is 0 Å². The average Bonchev–Trinajstić information content (AvgIpc) is 3.18. The molecule has 0 aromatic heterocycles. The summed E-state index contributed by atoms with van der Waals surface area (Å²) in [6, 6.07) is 25.1. The van der Waals surface area contributed by atoms with Crippen LogP contribution < -0.4 is 15.5 Å². The third kappa shape index (κ3) is 5.12. The van der Waals surface area contributed by atoms with E-state index in [0.29, 0.717) is 5.56 Å². The van der Waals surface area contributed by atoms with Crippen molar-refractivity contribution in [3.63, 3.8) is 0 Å². The summed E-state index contributed by atoms with van der Waals surface area (Å²) in [5.74, 6) is -0.288. The van der Waals surface area contributed by atoms with Crippen LogP contribution in [0.15, 0.2) is 78.9 Å². The second kappa shape index (κ2) is 9.47. The van der Waals surface area contributed by atoms with Crippen molar-refractivity contribution in [1.29, 1.82) is 0 Å². The first-order chi connectivity index (χ1) is 15.1. The number of carbonyl (C=O) groups is 2. The molecule has 1 aliphatic rings. The summed E-state index contributed by atoms with van der Waals surface area (Å²) in [4.78, 5) is 27.3. The predicted octanol–water partition coefficient (Wildman–Crippen LogP) is 4.40. The van der Waals surface area contributed by atoms with Gasteiger partial charge in [0.05, 0.1) is 0 Å². The minimum Gasteiger partial charge on any atom is -0.367 e. The van der Waals surface area contributed by atoms with E-state index in [4.69, 9.17) is 0 Å². The lowest BCUT2D eigenvalue weighted by Gasteiger charge is -2.22. The van der Waals surface area contributed by atoms with Gasteiger partial charge in [0.1, 0.15) is 0 Å². The van der Waals surface area contributed by atoms with Gasteiger partial charge in [-0.2, -0.15) is 0 Å². The number of benzene rings is 3. The van der Waals surface area contributed by atoms with Gasteiger partial charge in [-0.1, -0.05) is 54.6 Å². The van der Waals surface area contributed by atoms with Crippen molar-refractivity contribution < 1.29 is 9.59 Å². The highest BCUT2D eigenvalue weighted by Gasteiger charge is 2.20. The maximum Gasteiger partial charge on any atom is 0.251 e. The van der Waals surface area contributed by atoms with Gasteiger partial charge in [-0.3, -0.25) is 9.59 Å². The zero-order chi connectivity index (χ0) is 21.6. The quantitative estimate of drug-likeness (QED) is 0.604. The summed E-state index contributed by atoms with van der Waals surface area (Å²) in [6.07, 6.45) is 1.25. The van der Waals surface area contributed by atoms with Crippen LogP contribution in [0.4, 0.5) is 11.4 Å². The fraction of sp³-hybridized carbons (Fsp3) is 0.231. The summed E-state index contributed by atoms with van der Waals surface area (Å²) in [5.41, 5.74) is 5.12. The van der Waals surface area contributed by atoms with Crippen LogP contribution in [-0.2, 0) is 17.8 Å². The number of nitrogens with zero attached hydrogens (tertiary/aromatic N) is 1. The topological polar surface area (TPSA) is 61.4 Å². The largest absolute Gasteiger partial charge is 0.367 e. The van der Waals surface area contributed by atoms with Crippen LogP contribution in [0.3, 0.4) is 0 Å². The normalized spacial score (nSPS) is 13.4.